The van der Waals surface area contributed by atoms with Crippen LogP contribution in [0.4, 0.5) is 4.79 Å². The first-order chi connectivity index (χ1) is 16.9. The van der Waals surface area contributed by atoms with Gasteiger partial charge in [0.25, 0.3) is 0 Å². The van der Waals surface area contributed by atoms with Gasteiger partial charge in [-0.2, -0.15) is 0 Å². The number of carbonyl (C=O) groups excluding carboxylic acids is 2. The highest BCUT2D eigenvalue weighted by atomic mass is 16.5. The summed E-state index contributed by atoms with van der Waals surface area (Å²) in [6.07, 6.45) is 1.76. The largest absolute Gasteiger partial charge is 0.479 e. The number of carboxylic acids is 1. The Hall–Kier alpha value is -3.39. The maximum absolute atomic E-state index is 12.4. The highest BCUT2D eigenvalue weighted by Crippen LogP contribution is 2.44. The molecule has 1 saturated heterocycles. The SMILES string of the molecule is COC1(C(=O)O)CCN(C(=O)CCCCNC(=O)OCC2c3ccccc3-c3ccccc32)CC1. The van der Waals surface area contributed by atoms with E-state index in [2.05, 4.69) is 29.6 Å². The number of carboxylic acid groups (broad SMARTS) is 1. The van der Waals surface area contributed by atoms with E-state index < -0.39 is 17.7 Å². The van der Waals surface area contributed by atoms with Gasteiger partial charge < -0.3 is 24.8 Å². The van der Waals surface area contributed by atoms with Crippen LogP contribution in [0.2, 0.25) is 0 Å². The number of nitrogens with one attached hydrogen (secondary N) is 1. The standard InChI is InChI=1S/C27H32N2O6/c1-34-27(25(31)32)13-16-29(17-14-27)24(30)12-6-7-15-28-26(33)35-18-23-21-10-4-2-8-19(21)20-9-3-5-11-22(20)23/h2-5,8-11,23H,6-7,12-18H2,1H3,(H,28,33)(H,31,32). The predicted octanol–water partition coefficient (Wildman–Crippen LogP) is 3.79. The molecule has 2 aliphatic rings. The quantitative estimate of drug-likeness (QED) is 0.529. The van der Waals surface area contributed by atoms with E-state index in [0.29, 0.717) is 38.9 Å². The maximum Gasteiger partial charge on any atom is 0.407 e. The van der Waals surface area contributed by atoms with Crippen LogP contribution >= 0.6 is 0 Å². The predicted molar refractivity (Wildman–Crippen MR) is 130 cm³/mol. The Labute approximate surface area is 205 Å². The van der Waals surface area contributed by atoms with Gasteiger partial charge in [0.1, 0.15) is 6.61 Å². The van der Waals surface area contributed by atoms with Crippen LogP contribution in [-0.4, -0.2) is 66.9 Å². The summed E-state index contributed by atoms with van der Waals surface area (Å²) in [4.78, 5) is 37.8. The van der Waals surface area contributed by atoms with E-state index in [1.54, 1.807) is 4.90 Å². The molecule has 8 heteroatoms. The van der Waals surface area contributed by atoms with Crippen molar-refractivity contribution in [1.29, 1.82) is 0 Å². The van der Waals surface area contributed by atoms with E-state index in [0.717, 1.165) is 0 Å². The number of hydrogen-bond donors (Lipinski definition) is 2. The van der Waals surface area contributed by atoms with Crippen molar-refractivity contribution < 1.29 is 29.0 Å². The Morgan fingerprint density at radius 1 is 1.00 bits per heavy atom. The van der Waals surface area contributed by atoms with Gasteiger partial charge in [-0.3, -0.25) is 4.79 Å². The number of piperidine rings is 1. The Morgan fingerprint density at radius 2 is 1.60 bits per heavy atom. The average molecular weight is 481 g/mol. The first-order valence-electron chi connectivity index (χ1n) is 12.1. The molecule has 1 fully saturated rings. The summed E-state index contributed by atoms with van der Waals surface area (Å²) in [5.41, 5.74) is 3.52. The second-order valence-electron chi connectivity index (χ2n) is 9.09. The van der Waals surface area contributed by atoms with Crippen molar-refractivity contribution in [3.63, 3.8) is 0 Å². The van der Waals surface area contributed by atoms with Gasteiger partial charge in [-0.1, -0.05) is 48.5 Å². The first kappa shape index (κ1) is 24.7. The van der Waals surface area contributed by atoms with Gasteiger partial charge in [-0.15, -0.1) is 0 Å². The zero-order valence-corrected chi connectivity index (χ0v) is 20.0. The van der Waals surface area contributed by atoms with Gasteiger partial charge in [-0.25, -0.2) is 9.59 Å². The summed E-state index contributed by atoms with van der Waals surface area (Å²) >= 11 is 0. The number of ether oxygens (including phenoxy) is 2. The molecule has 2 aromatic rings. The van der Waals surface area contributed by atoms with Crippen LogP contribution in [0.25, 0.3) is 11.1 Å². The van der Waals surface area contributed by atoms with Crippen LogP contribution in [0, 0.1) is 0 Å². The molecule has 35 heavy (non-hydrogen) atoms. The molecule has 4 rings (SSSR count). The molecule has 1 aliphatic carbocycles. The minimum atomic E-state index is -1.19. The van der Waals surface area contributed by atoms with Crippen molar-refractivity contribution in [1.82, 2.24) is 10.2 Å². The average Bonchev–Trinajstić information content (AvgIpc) is 3.20. The third kappa shape index (κ3) is 5.32. The second-order valence-corrected chi connectivity index (χ2v) is 9.09. The lowest BCUT2D eigenvalue weighted by molar-refractivity contribution is -0.170. The lowest BCUT2D eigenvalue weighted by Gasteiger charge is -2.37. The van der Waals surface area contributed by atoms with E-state index in [1.807, 2.05) is 24.3 Å². The number of amides is 2. The molecule has 0 unspecified atom stereocenters. The van der Waals surface area contributed by atoms with Crippen LogP contribution in [0.15, 0.2) is 48.5 Å². The highest BCUT2D eigenvalue weighted by Gasteiger charge is 2.42. The lowest BCUT2D eigenvalue weighted by atomic mass is 9.91. The molecule has 1 heterocycles. The van der Waals surface area contributed by atoms with Crippen molar-refractivity contribution in [2.24, 2.45) is 0 Å². The van der Waals surface area contributed by atoms with Crippen molar-refractivity contribution in [2.75, 3.05) is 33.4 Å². The number of hydrogen-bond acceptors (Lipinski definition) is 5. The smallest absolute Gasteiger partial charge is 0.407 e. The molecule has 1 aliphatic heterocycles. The minimum absolute atomic E-state index is 0.00114. The lowest BCUT2D eigenvalue weighted by Crippen LogP contribution is -2.52. The zero-order chi connectivity index (χ0) is 24.8. The molecule has 0 atom stereocenters. The molecule has 186 valence electrons. The Balaban J connectivity index is 1.15. The van der Waals surface area contributed by atoms with Crippen LogP contribution in [0.5, 0.6) is 0 Å². The molecule has 2 amide bonds. The number of nitrogens with zero attached hydrogens (tertiary/aromatic N) is 1. The van der Waals surface area contributed by atoms with Gasteiger partial charge in [0, 0.05) is 51.9 Å². The minimum Gasteiger partial charge on any atom is -0.479 e. The molecule has 2 aromatic carbocycles. The van der Waals surface area contributed by atoms with Crippen molar-refractivity contribution in [2.45, 2.75) is 43.6 Å². The normalized spacial score (nSPS) is 16.3. The first-order valence-corrected chi connectivity index (χ1v) is 12.1. The molecule has 0 bridgehead atoms. The number of benzene rings is 2. The number of methoxy groups -OCH3 is 1. The number of unbranched alkanes of at least 4 members (excludes halogenated alkanes) is 1. The van der Waals surface area contributed by atoms with Gasteiger partial charge in [0.05, 0.1) is 0 Å². The van der Waals surface area contributed by atoms with Crippen molar-refractivity contribution in [3.8, 4) is 11.1 Å². The van der Waals surface area contributed by atoms with Crippen LogP contribution in [0.1, 0.15) is 49.1 Å². The fraction of sp³-hybridized carbons (Fsp3) is 0.444. The fourth-order valence-corrected chi connectivity index (χ4v) is 5.02. The van der Waals surface area contributed by atoms with E-state index in [4.69, 9.17) is 9.47 Å². The van der Waals surface area contributed by atoms with Crippen LogP contribution in [-0.2, 0) is 19.1 Å². The van der Waals surface area contributed by atoms with Gasteiger partial charge >= 0.3 is 12.1 Å². The van der Waals surface area contributed by atoms with E-state index in [9.17, 15) is 19.5 Å². The summed E-state index contributed by atoms with van der Waals surface area (Å²) in [6.45, 7) is 1.44. The number of rotatable bonds is 9. The van der Waals surface area contributed by atoms with E-state index in [-0.39, 0.29) is 31.3 Å². The van der Waals surface area contributed by atoms with Crippen LogP contribution < -0.4 is 5.32 Å². The van der Waals surface area contributed by atoms with E-state index in [1.165, 1.54) is 29.4 Å². The van der Waals surface area contributed by atoms with Gasteiger partial charge in [-0.05, 0) is 35.1 Å². The molecular formula is C27H32N2O6. The molecular weight excluding hydrogens is 448 g/mol. The number of aliphatic carboxylic acids is 1. The summed E-state index contributed by atoms with van der Waals surface area (Å²) in [6, 6.07) is 16.4. The zero-order valence-electron chi connectivity index (χ0n) is 20.0. The molecule has 2 N–H and O–H groups in total. The summed E-state index contributed by atoms with van der Waals surface area (Å²) < 4.78 is 10.7. The molecule has 8 nitrogen and oxygen atoms in total. The van der Waals surface area contributed by atoms with Crippen molar-refractivity contribution in [3.05, 3.63) is 59.7 Å². The summed E-state index contributed by atoms with van der Waals surface area (Å²) in [5, 5.41) is 12.1. The van der Waals surface area contributed by atoms with Crippen LogP contribution in [0.3, 0.4) is 0 Å². The molecule has 0 spiro atoms. The summed E-state index contributed by atoms with van der Waals surface area (Å²) in [7, 11) is 1.40. The van der Waals surface area contributed by atoms with Crippen molar-refractivity contribution >= 4 is 18.0 Å². The fourth-order valence-electron chi connectivity index (χ4n) is 5.02. The number of carbonyl (C=O) groups is 3. The van der Waals surface area contributed by atoms with E-state index >= 15 is 0 Å². The molecule has 0 aromatic heterocycles. The monoisotopic (exact) mass is 480 g/mol. The van der Waals surface area contributed by atoms with Gasteiger partial charge in [0.15, 0.2) is 5.60 Å². The number of likely N-dealkylation sites (tertiary alicyclic amines) is 1. The highest BCUT2D eigenvalue weighted by molar-refractivity contribution is 5.80. The second kappa shape index (κ2) is 10.9. The van der Waals surface area contributed by atoms with Gasteiger partial charge in [0.2, 0.25) is 5.91 Å². The number of fused-ring (bicyclic) bond motifs is 3. The Bertz CT molecular complexity index is 1030. The Kier molecular flexibility index (Phi) is 7.70. The molecule has 0 radical (unpaired) electrons. The number of alkyl carbamates (subject to hydrolysis) is 1. The third-order valence-electron chi connectivity index (χ3n) is 7.13. The third-order valence-corrected chi connectivity index (χ3v) is 7.13. The summed E-state index contributed by atoms with van der Waals surface area (Å²) in [5.74, 6) is -0.957. The maximum atomic E-state index is 12.4. The molecule has 0 saturated carbocycles. The Morgan fingerprint density at radius 3 is 2.17 bits per heavy atom. The topological polar surface area (TPSA) is 105 Å².